The lowest BCUT2D eigenvalue weighted by Crippen LogP contribution is -1.58. The third-order valence-corrected chi connectivity index (χ3v) is 0.189. The van der Waals surface area contributed by atoms with Crippen LogP contribution in [0, 0.1) is 0 Å². The molecule has 0 aliphatic carbocycles. The summed E-state index contributed by atoms with van der Waals surface area (Å²) in [5.41, 5.74) is 0. The van der Waals surface area contributed by atoms with Gasteiger partial charge in [-0.1, -0.05) is 6.92 Å². The van der Waals surface area contributed by atoms with Crippen LogP contribution >= 0.6 is 0 Å². The van der Waals surface area contributed by atoms with E-state index in [0.717, 1.165) is 0 Å². The highest BCUT2D eigenvalue weighted by atomic mass is 28.1. The molecule has 0 bridgehead atoms. The summed E-state index contributed by atoms with van der Waals surface area (Å²) in [5.74, 6) is 0. The zero-order chi connectivity index (χ0) is 3.41. The van der Waals surface area contributed by atoms with Gasteiger partial charge in [-0.3, -0.25) is 4.39 Å². The molecule has 0 rings (SSSR count). The highest BCUT2D eigenvalue weighted by molar-refractivity contribution is 5.75. The van der Waals surface area contributed by atoms with Crippen molar-refractivity contribution in [2.45, 2.75) is 13.3 Å². The maximum absolute atomic E-state index is 10.7. The van der Waals surface area contributed by atoms with Crippen molar-refractivity contribution in [3.63, 3.8) is 0 Å². The molecule has 0 aromatic carbocycles. The monoisotopic (exact) mass is 94.1 g/mol. The number of halogens is 1. The van der Waals surface area contributed by atoms with Crippen molar-refractivity contribution < 1.29 is 4.39 Å². The van der Waals surface area contributed by atoms with Gasteiger partial charge in [0.1, 0.15) is 0 Å². The second-order valence-electron chi connectivity index (χ2n) is 0.689. The van der Waals surface area contributed by atoms with Gasteiger partial charge in [-0.05, 0) is 17.4 Å². The summed E-state index contributed by atoms with van der Waals surface area (Å²) < 4.78 is 10.7. The van der Waals surface area contributed by atoms with Gasteiger partial charge in [0.05, 0.1) is 6.67 Å². The smallest absolute Gasteiger partial charge is 0.0891 e. The van der Waals surface area contributed by atoms with Gasteiger partial charge in [-0.25, -0.2) is 0 Å². The number of rotatable bonds is 1. The van der Waals surface area contributed by atoms with Crippen molar-refractivity contribution >= 4 is 11.0 Å². The largest absolute Gasteiger partial charge is 0.251 e. The van der Waals surface area contributed by atoms with Crippen LogP contribution in [0.2, 0.25) is 0 Å². The lowest BCUT2D eigenvalue weighted by atomic mass is 10.6. The predicted octanol–water partition coefficient (Wildman–Crippen LogP) is -0.0857. The Kier molecular flexibility index (Phi) is 15.9. The molecule has 5 heavy (non-hydrogen) atoms. The first-order valence-corrected chi connectivity index (χ1v) is 1.47. The molecule has 0 N–H and O–H groups in total. The van der Waals surface area contributed by atoms with E-state index < -0.39 is 0 Å². The molecular weight excluding hydrogens is 83.1 g/mol. The van der Waals surface area contributed by atoms with Gasteiger partial charge in [0.2, 0.25) is 0 Å². The maximum Gasteiger partial charge on any atom is 0.0891 e. The van der Waals surface area contributed by atoms with Crippen LogP contribution < -0.4 is 0 Å². The van der Waals surface area contributed by atoms with Crippen LogP contribution in [0.15, 0.2) is 0 Å². The van der Waals surface area contributed by atoms with Crippen molar-refractivity contribution in [2.24, 2.45) is 0 Å². The van der Waals surface area contributed by atoms with Crippen molar-refractivity contribution in [1.29, 1.82) is 0 Å². The van der Waals surface area contributed by atoms with Gasteiger partial charge in [-0.15, -0.1) is 0 Å². The van der Waals surface area contributed by atoms with Gasteiger partial charge in [-0.2, -0.15) is 0 Å². The minimum Gasteiger partial charge on any atom is -0.251 e. The van der Waals surface area contributed by atoms with E-state index in [4.69, 9.17) is 0 Å². The molecule has 0 aromatic heterocycles. The molecule has 0 radical (unpaired) electrons. The summed E-state index contributed by atoms with van der Waals surface area (Å²) >= 11 is 0. The van der Waals surface area contributed by atoms with Crippen LogP contribution in [0.25, 0.3) is 0 Å². The van der Waals surface area contributed by atoms with Crippen LogP contribution in [-0.4, -0.2) is 17.6 Å². The van der Waals surface area contributed by atoms with Crippen LogP contribution in [0.1, 0.15) is 13.3 Å². The Bertz CT molecular complexity index is 8.85. The molecule has 0 atom stereocenters. The molecule has 0 amide bonds. The fourth-order valence-corrected chi connectivity index (χ4v) is 0. The molecular formula is C3H11FSi. The van der Waals surface area contributed by atoms with E-state index >= 15 is 0 Å². The molecule has 0 aliphatic rings. The normalized spacial score (nSPS) is 6.00. The van der Waals surface area contributed by atoms with Gasteiger partial charge < -0.3 is 0 Å². The fraction of sp³-hybridized carbons (Fsp3) is 1.00. The predicted molar refractivity (Wildman–Crippen MR) is 27.6 cm³/mol. The molecule has 0 spiro atoms. The van der Waals surface area contributed by atoms with Crippen LogP contribution in [0.3, 0.4) is 0 Å². The maximum atomic E-state index is 10.7. The summed E-state index contributed by atoms with van der Waals surface area (Å²) in [6.45, 7) is 1.62. The third-order valence-electron chi connectivity index (χ3n) is 0.189. The van der Waals surface area contributed by atoms with E-state index in [1.165, 1.54) is 0 Å². The zero-order valence-electron chi connectivity index (χ0n) is 2.79. The molecule has 0 nitrogen and oxygen atoms in total. The molecule has 0 saturated carbocycles. The number of hydrogen-bond donors (Lipinski definition) is 0. The Labute approximate surface area is 36.4 Å². The lowest BCUT2D eigenvalue weighted by Gasteiger charge is -1.64. The highest BCUT2D eigenvalue weighted by Crippen LogP contribution is 1.69. The molecule has 2 heteroatoms. The lowest BCUT2D eigenvalue weighted by molar-refractivity contribution is 0.487. The molecule has 34 valence electrons. The summed E-state index contributed by atoms with van der Waals surface area (Å²) in [7, 11) is 0. The third kappa shape index (κ3) is 14.5. The quantitative estimate of drug-likeness (QED) is 0.398. The van der Waals surface area contributed by atoms with E-state index in [9.17, 15) is 4.39 Å². The van der Waals surface area contributed by atoms with Crippen LogP contribution in [-0.2, 0) is 0 Å². The van der Waals surface area contributed by atoms with E-state index in [2.05, 4.69) is 0 Å². The van der Waals surface area contributed by atoms with E-state index in [1.807, 2.05) is 0 Å². The summed E-state index contributed by atoms with van der Waals surface area (Å²) in [6, 6.07) is 0. The zero-order valence-corrected chi connectivity index (χ0v) is 2.79. The van der Waals surface area contributed by atoms with E-state index in [-0.39, 0.29) is 17.6 Å². The second kappa shape index (κ2) is 8.91. The van der Waals surface area contributed by atoms with Gasteiger partial charge in [0.15, 0.2) is 0 Å². The topological polar surface area (TPSA) is 0 Å². The SMILES string of the molecule is CCCF.[SiH4]. The van der Waals surface area contributed by atoms with Gasteiger partial charge in [0.25, 0.3) is 0 Å². The Morgan fingerprint density at radius 3 is 1.80 bits per heavy atom. The average Bonchev–Trinajstić information content (AvgIpc) is 1.37. The minimum absolute atomic E-state index is 0. The summed E-state index contributed by atoms with van der Waals surface area (Å²) in [4.78, 5) is 0. The summed E-state index contributed by atoms with van der Waals surface area (Å²) in [5, 5.41) is 0. The van der Waals surface area contributed by atoms with Crippen molar-refractivity contribution in [1.82, 2.24) is 0 Å². The Morgan fingerprint density at radius 1 is 1.60 bits per heavy atom. The molecule has 0 saturated heterocycles. The highest BCUT2D eigenvalue weighted by Gasteiger charge is 1.60. The average molecular weight is 94.2 g/mol. The Hall–Kier alpha value is 0.147. The Morgan fingerprint density at radius 2 is 1.80 bits per heavy atom. The molecule has 0 heterocycles. The standard InChI is InChI=1S/C3H7F.H4Si/c1-2-3-4;/h2-3H2,1H3;1H4. The molecule has 0 unspecified atom stereocenters. The number of hydrogen-bond acceptors (Lipinski definition) is 0. The summed E-state index contributed by atoms with van der Waals surface area (Å²) in [6.07, 6.45) is 0.653. The first kappa shape index (κ1) is 8.94. The van der Waals surface area contributed by atoms with Gasteiger partial charge >= 0.3 is 0 Å². The Balaban J connectivity index is 0. The minimum atomic E-state index is -0.181. The van der Waals surface area contributed by atoms with Gasteiger partial charge in [0, 0.05) is 0 Å². The number of alkyl halides is 1. The van der Waals surface area contributed by atoms with Crippen molar-refractivity contribution in [3.05, 3.63) is 0 Å². The molecule has 0 fully saturated rings. The van der Waals surface area contributed by atoms with Crippen LogP contribution in [0.4, 0.5) is 4.39 Å². The molecule has 0 aromatic rings. The van der Waals surface area contributed by atoms with Crippen LogP contribution in [0.5, 0.6) is 0 Å². The second-order valence-corrected chi connectivity index (χ2v) is 0.689. The first-order chi connectivity index (χ1) is 1.91. The van der Waals surface area contributed by atoms with E-state index in [0.29, 0.717) is 6.42 Å². The molecule has 0 aliphatic heterocycles. The fourth-order valence-electron chi connectivity index (χ4n) is 0. The van der Waals surface area contributed by atoms with Crippen molar-refractivity contribution in [2.75, 3.05) is 6.67 Å². The van der Waals surface area contributed by atoms with Crippen molar-refractivity contribution in [3.8, 4) is 0 Å². The van der Waals surface area contributed by atoms with E-state index in [1.54, 1.807) is 6.92 Å². The first-order valence-electron chi connectivity index (χ1n) is 1.47.